The molecule has 4 atom stereocenters. The molecule has 3 nitrogen and oxygen atoms in total. The Labute approximate surface area is 112 Å². The van der Waals surface area contributed by atoms with Crippen molar-refractivity contribution in [2.45, 2.75) is 12.8 Å². The molecule has 0 amide bonds. The van der Waals surface area contributed by atoms with Crippen LogP contribution in [0.15, 0.2) is 42.2 Å². The quantitative estimate of drug-likeness (QED) is 0.815. The Balaban J connectivity index is 1.98. The molecule has 0 N–H and O–H groups in total. The van der Waals surface area contributed by atoms with E-state index in [1.165, 1.54) is 13.2 Å². The molecule has 19 heavy (non-hydrogen) atoms. The van der Waals surface area contributed by atoms with E-state index in [1.807, 2.05) is 30.3 Å². The van der Waals surface area contributed by atoms with Gasteiger partial charge in [0.25, 0.3) is 0 Å². The van der Waals surface area contributed by atoms with Crippen LogP contribution >= 0.6 is 0 Å². The van der Waals surface area contributed by atoms with Crippen LogP contribution in [-0.2, 0) is 14.3 Å². The van der Waals surface area contributed by atoms with Crippen molar-refractivity contribution in [2.24, 2.45) is 17.8 Å². The standard InChI is InChI=1S/C16H16O3/c1-9-13(10-6-4-3-5-7-10)15-14(9)11(17)8-12(19-2)16(15)18/h3-9,13-15H,1-2H3/t9-,13+,14+,15+/m1/s1. The normalized spacial score (nSPS) is 33.3. The first-order valence-corrected chi connectivity index (χ1v) is 6.54. The fraction of sp³-hybridized carbons (Fsp3) is 0.375. The number of carbonyl (C=O) groups is 2. The zero-order valence-electron chi connectivity index (χ0n) is 11.0. The highest BCUT2D eigenvalue weighted by atomic mass is 16.5. The van der Waals surface area contributed by atoms with Gasteiger partial charge in [-0.25, -0.2) is 0 Å². The van der Waals surface area contributed by atoms with Gasteiger partial charge in [0.1, 0.15) is 0 Å². The number of benzene rings is 1. The highest BCUT2D eigenvalue weighted by molar-refractivity contribution is 6.11. The number of Topliss-reactive ketones (excluding diaryl/α,β-unsaturated/α-hetero) is 1. The second kappa shape index (κ2) is 4.34. The fourth-order valence-corrected chi connectivity index (χ4v) is 3.52. The van der Waals surface area contributed by atoms with Gasteiger partial charge in [0.15, 0.2) is 11.5 Å². The number of hydrogen-bond acceptors (Lipinski definition) is 3. The number of hydrogen-bond donors (Lipinski definition) is 0. The molecular weight excluding hydrogens is 240 g/mol. The summed E-state index contributed by atoms with van der Waals surface area (Å²) in [5, 5.41) is 0. The number of allylic oxidation sites excluding steroid dienone is 2. The van der Waals surface area contributed by atoms with Gasteiger partial charge in [-0.3, -0.25) is 9.59 Å². The Kier molecular flexibility index (Phi) is 2.77. The molecule has 0 aromatic heterocycles. The molecule has 0 unspecified atom stereocenters. The highest BCUT2D eigenvalue weighted by Gasteiger charge is 2.57. The first kappa shape index (κ1) is 12.2. The molecule has 1 fully saturated rings. The van der Waals surface area contributed by atoms with Crippen molar-refractivity contribution in [3.63, 3.8) is 0 Å². The fourth-order valence-electron chi connectivity index (χ4n) is 3.52. The molecule has 1 saturated carbocycles. The number of methoxy groups -OCH3 is 1. The Morgan fingerprint density at radius 1 is 1.00 bits per heavy atom. The third-order valence-electron chi connectivity index (χ3n) is 4.46. The molecule has 0 radical (unpaired) electrons. The van der Waals surface area contributed by atoms with Crippen LogP contribution in [0.5, 0.6) is 0 Å². The monoisotopic (exact) mass is 256 g/mol. The first-order valence-electron chi connectivity index (χ1n) is 6.54. The zero-order chi connectivity index (χ0) is 13.6. The largest absolute Gasteiger partial charge is 0.493 e. The van der Waals surface area contributed by atoms with E-state index in [-0.39, 0.29) is 41.0 Å². The second-order valence-corrected chi connectivity index (χ2v) is 5.33. The van der Waals surface area contributed by atoms with Crippen molar-refractivity contribution in [2.75, 3.05) is 7.11 Å². The predicted molar refractivity (Wildman–Crippen MR) is 70.4 cm³/mol. The number of ether oxygens (including phenoxy) is 1. The maximum atomic E-state index is 12.3. The first-order chi connectivity index (χ1) is 9.15. The molecule has 3 rings (SSSR count). The molecule has 3 heteroatoms. The molecule has 0 saturated heterocycles. The van der Waals surface area contributed by atoms with Gasteiger partial charge in [0.05, 0.1) is 7.11 Å². The van der Waals surface area contributed by atoms with Gasteiger partial charge < -0.3 is 4.74 Å². The summed E-state index contributed by atoms with van der Waals surface area (Å²) in [7, 11) is 1.44. The summed E-state index contributed by atoms with van der Waals surface area (Å²) in [5.41, 5.74) is 1.13. The maximum absolute atomic E-state index is 12.3. The van der Waals surface area contributed by atoms with Gasteiger partial charge in [-0.1, -0.05) is 37.3 Å². The molecule has 1 aromatic rings. The summed E-state index contributed by atoms with van der Waals surface area (Å²) in [6.07, 6.45) is 1.36. The van der Waals surface area contributed by atoms with E-state index in [2.05, 4.69) is 6.92 Å². The van der Waals surface area contributed by atoms with Crippen LogP contribution in [0.3, 0.4) is 0 Å². The van der Waals surface area contributed by atoms with Crippen molar-refractivity contribution in [3.05, 3.63) is 47.7 Å². The third-order valence-corrected chi connectivity index (χ3v) is 4.46. The minimum Gasteiger partial charge on any atom is -0.493 e. The van der Waals surface area contributed by atoms with Crippen molar-refractivity contribution in [1.29, 1.82) is 0 Å². The van der Waals surface area contributed by atoms with Gasteiger partial charge in [0.2, 0.25) is 5.78 Å². The SMILES string of the molecule is COC1=CC(=O)[C@@H]2[C@H](C)[C@@H](c3ccccc3)[C@@H]2C1=O. The topological polar surface area (TPSA) is 43.4 Å². The maximum Gasteiger partial charge on any atom is 0.201 e. The molecule has 0 spiro atoms. The lowest BCUT2D eigenvalue weighted by molar-refractivity contribution is -0.144. The molecule has 2 aliphatic rings. The van der Waals surface area contributed by atoms with E-state index in [1.54, 1.807) is 0 Å². The zero-order valence-corrected chi connectivity index (χ0v) is 11.0. The van der Waals surface area contributed by atoms with Gasteiger partial charge in [0, 0.05) is 17.9 Å². The van der Waals surface area contributed by atoms with Crippen LogP contribution in [0.4, 0.5) is 0 Å². The molecule has 0 aliphatic heterocycles. The summed E-state index contributed by atoms with van der Waals surface area (Å²) in [6.45, 7) is 2.05. The molecule has 98 valence electrons. The summed E-state index contributed by atoms with van der Waals surface area (Å²) in [5.74, 6) is 0.126. The molecule has 0 heterocycles. The van der Waals surface area contributed by atoms with Crippen molar-refractivity contribution in [1.82, 2.24) is 0 Å². The van der Waals surface area contributed by atoms with Crippen LogP contribution in [-0.4, -0.2) is 18.7 Å². The summed E-state index contributed by atoms with van der Waals surface area (Å²) in [6, 6.07) is 9.95. The van der Waals surface area contributed by atoms with E-state index < -0.39 is 0 Å². The summed E-state index contributed by atoms with van der Waals surface area (Å²) < 4.78 is 5.04. The van der Waals surface area contributed by atoms with Crippen LogP contribution in [0.2, 0.25) is 0 Å². The highest BCUT2D eigenvalue weighted by Crippen LogP contribution is 2.55. The Morgan fingerprint density at radius 2 is 1.68 bits per heavy atom. The average molecular weight is 256 g/mol. The van der Waals surface area contributed by atoms with Gasteiger partial charge in [-0.2, -0.15) is 0 Å². The minimum absolute atomic E-state index is 0.0287. The molecular formula is C16H16O3. The van der Waals surface area contributed by atoms with Crippen molar-refractivity contribution < 1.29 is 14.3 Å². The van der Waals surface area contributed by atoms with Crippen LogP contribution in [0.25, 0.3) is 0 Å². The lowest BCUT2D eigenvalue weighted by atomic mass is 9.51. The van der Waals surface area contributed by atoms with Gasteiger partial charge >= 0.3 is 0 Å². The van der Waals surface area contributed by atoms with Gasteiger partial charge in [-0.05, 0) is 17.4 Å². The number of fused-ring (bicyclic) bond motifs is 1. The number of ketones is 2. The Hall–Kier alpha value is -1.90. The Morgan fingerprint density at radius 3 is 2.32 bits per heavy atom. The summed E-state index contributed by atoms with van der Waals surface area (Å²) in [4.78, 5) is 24.4. The van der Waals surface area contributed by atoms with Gasteiger partial charge in [-0.15, -0.1) is 0 Å². The predicted octanol–water partition coefficient (Wildman–Crippen LogP) is 2.33. The minimum atomic E-state index is -0.246. The Bertz CT molecular complexity index is 559. The molecule has 0 bridgehead atoms. The van der Waals surface area contributed by atoms with Crippen LogP contribution < -0.4 is 0 Å². The smallest absolute Gasteiger partial charge is 0.201 e. The third kappa shape index (κ3) is 1.65. The molecule has 1 aromatic carbocycles. The summed E-state index contributed by atoms with van der Waals surface area (Å²) >= 11 is 0. The average Bonchev–Trinajstić information content (AvgIpc) is 2.41. The lowest BCUT2D eigenvalue weighted by Crippen LogP contribution is -2.53. The second-order valence-electron chi connectivity index (χ2n) is 5.33. The van der Waals surface area contributed by atoms with E-state index >= 15 is 0 Å². The van der Waals surface area contributed by atoms with E-state index in [9.17, 15) is 9.59 Å². The lowest BCUT2D eigenvalue weighted by Gasteiger charge is -2.50. The number of rotatable bonds is 2. The van der Waals surface area contributed by atoms with E-state index in [0.29, 0.717) is 0 Å². The van der Waals surface area contributed by atoms with Crippen LogP contribution in [0.1, 0.15) is 18.4 Å². The van der Waals surface area contributed by atoms with E-state index in [4.69, 9.17) is 4.74 Å². The van der Waals surface area contributed by atoms with Crippen molar-refractivity contribution >= 4 is 11.6 Å². The van der Waals surface area contributed by atoms with Crippen LogP contribution in [0, 0.1) is 17.8 Å². The molecule has 2 aliphatic carbocycles. The van der Waals surface area contributed by atoms with E-state index in [0.717, 1.165) is 5.56 Å². The van der Waals surface area contributed by atoms with Crippen molar-refractivity contribution in [3.8, 4) is 0 Å². The number of carbonyl (C=O) groups excluding carboxylic acids is 2.